The van der Waals surface area contributed by atoms with Crippen LogP contribution in [0.5, 0.6) is 0 Å². The summed E-state index contributed by atoms with van der Waals surface area (Å²) in [5.41, 5.74) is -1.55. The quantitative estimate of drug-likeness (QED) is 0.446. The third kappa shape index (κ3) is 4.75. The SMILES string of the molecule is CCCC(OC(=O)c1ccccc1)(C(C)(C)CC)C(C)(C)OC(=O)c1ccccc1. The second kappa shape index (κ2) is 9.46. The van der Waals surface area contributed by atoms with Gasteiger partial charge in [0.25, 0.3) is 0 Å². The molecule has 1 unspecified atom stereocenters. The highest BCUT2D eigenvalue weighted by molar-refractivity contribution is 5.90. The molecule has 0 bridgehead atoms. The molecule has 2 rings (SSSR count). The molecule has 2 aromatic carbocycles. The monoisotopic (exact) mass is 410 g/mol. The Labute approximate surface area is 180 Å². The van der Waals surface area contributed by atoms with Crippen LogP contribution in [0.25, 0.3) is 0 Å². The Hall–Kier alpha value is -2.62. The van der Waals surface area contributed by atoms with E-state index in [-0.39, 0.29) is 0 Å². The lowest BCUT2D eigenvalue weighted by molar-refractivity contribution is -0.200. The van der Waals surface area contributed by atoms with E-state index < -0.39 is 28.6 Å². The number of esters is 2. The van der Waals surface area contributed by atoms with Crippen LogP contribution < -0.4 is 0 Å². The first-order chi connectivity index (χ1) is 14.1. The van der Waals surface area contributed by atoms with Gasteiger partial charge in [0.2, 0.25) is 0 Å². The summed E-state index contributed by atoms with van der Waals surface area (Å²) in [7, 11) is 0. The lowest BCUT2D eigenvalue weighted by Gasteiger charge is -2.53. The maximum Gasteiger partial charge on any atom is 0.338 e. The van der Waals surface area contributed by atoms with Crippen molar-refractivity contribution in [2.75, 3.05) is 0 Å². The standard InChI is InChI=1S/C26H34O4/c1-7-19-26(24(3,4)8-2,30-23(28)21-17-13-10-14-18-21)25(5,6)29-22(27)20-15-11-9-12-16-20/h9-18H,7-8,19H2,1-6H3. The van der Waals surface area contributed by atoms with Gasteiger partial charge in [-0.2, -0.15) is 0 Å². The average molecular weight is 411 g/mol. The fourth-order valence-corrected chi connectivity index (χ4v) is 4.14. The van der Waals surface area contributed by atoms with E-state index in [2.05, 4.69) is 20.8 Å². The Bertz CT molecular complexity index is 840. The van der Waals surface area contributed by atoms with Crippen LogP contribution in [-0.4, -0.2) is 23.1 Å². The van der Waals surface area contributed by atoms with Gasteiger partial charge in [-0.25, -0.2) is 9.59 Å². The van der Waals surface area contributed by atoms with Crippen LogP contribution in [0, 0.1) is 5.41 Å². The zero-order chi connectivity index (χ0) is 22.4. The molecule has 30 heavy (non-hydrogen) atoms. The van der Waals surface area contributed by atoms with Gasteiger partial charge in [-0.15, -0.1) is 0 Å². The van der Waals surface area contributed by atoms with Crippen molar-refractivity contribution < 1.29 is 19.1 Å². The maximum atomic E-state index is 13.1. The normalized spacial score (nSPS) is 13.9. The van der Waals surface area contributed by atoms with Gasteiger partial charge in [-0.3, -0.25) is 0 Å². The van der Waals surface area contributed by atoms with Crippen LogP contribution in [0.15, 0.2) is 60.7 Å². The highest BCUT2D eigenvalue weighted by Crippen LogP contribution is 2.50. The summed E-state index contributed by atoms with van der Waals surface area (Å²) in [4.78, 5) is 26.1. The summed E-state index contributed by atoms with van der Waals surface area (Å²) in [6.07, 6.45) is 2.10. The molecule has 0 N–H and O–H groups in total. The summed E-state index contributed by atoms with van der Waals surface area (Å²) in [5, 5.41) is 0. The Kier molecular flexibility index (Phi) is 7.46. The second-order valence-electron chi connectivity index (χ2n) is 8.84. The Morgan fingerprint density at radius 2 is 1.17 bits per heavy atom. The van der Waals surface area contributed by atoms with Gasteiger partial charge in [-0.05, 0) is 51.0 Å². The minimum absolute atomic E-state index is 0.408. The molecule has 0 heterocycles. The molecule has 4 heteroatoms. The zero-order valence-electron chi connectivity index (χ0n) is 19.0. The number of hydrogen-bond donors (Lipinski definition) is 0. The van der Waals surface area contributed by atoms with E-state index in [0.717, 1.165) is 12.8 Å². The van der Waals surface area contributed by atoms with Gasteiger partial charge in [0.15, 0.2) is 5.60 Å². The Morgan fingerprint density at radius 1 is 0.733 bits per heavy atom. The molecule has 0 saturated heterocycles. The molecular weight excluding hydrogens is 376 g/mol. The summed E-state index contributed by atoms with van der Waals surface area (Å²) in [5.74, 6) is -0.835. The lowest BCUT2D eigenvalue weighted by Crippen LogP contribution is -2.63. The average Bonchev–Trinajstić information content (AvgIpc) is 2.74. The van der Waals surface area contributed by atoms with Crippen molar-refractivity contribution in [2.24, 2.45) is 5.41 Å². The van der Waals surface area contributed by atoms with Crippen LogP contribution >= 0.6 is 0 Å². The molecule has 0 aliphatic heterocycles. The Morgan fingerprint density at radius 3 is 1.57 bits per heavy atom. The molecule has 0 amide bonds. The molecule has 1 atom stereocenters. The summed E-state index contributed by atoms with van der Waals surface area (Å²) < 4.78 is 12.4. The summed E-state index contributed by atoms with van der Waals surface area (Å²) >= 11 is 0. The first kappa shape index (κ1) is 23.7. The fraction of sp³-hybridized carbons (Fsp3) is 0.462. The predicted molar refractivity (Wildman–Crippen MR) is 120 cm³/mol. The minimum Gasteiger partial charge on any atom is -0.452 e. The van der Waals surface area contributed by atoms with Gasteiger partial charge < -0.3 is 9.47 Å². The van der Waals surface area contributed by atoms with E-state index in [1.165, 1.54) is 0 Å². The van der Waals surface area contributed by atoms with Crippen molar-refractivity contribution in [1.29, 1.82) is 0 Å². The highest BCUT2D eigenvalue weighted by Gasteiger charge is 2.59. The van der Waals surface area contributed by atoms with Crippen molar-refractivity contribution in [3.05, 3.63) is 71.8 Å². The maximum absolute atomic E-state index is 13.1. The molecule has 0 aliphatic carbocycles. The van der Waals surface area contributed by atoms with E-state index in [1.54, 1.807) is 36.4 Å². The third-order valence-electron chi connectivity index (χ3n) is 6.19. The number of rotatable bonds is 9. The van der Waals surface area contributed by atoms with Crippen molar-refractivity contribution in [3.8, 4) is 0 Å². The van der Waals surface area contributed by atoms with Crippen LogP contribution in [0.2, 0.25) is 0 Å². The van der Waals surface area contributed by atoms with E-state index in [9.17, 15) is 9.59 Å². The van der Waals surface area contributed by atoms with E-state index in [0.29, 0.717) is 17.5 Å². The molecule has 0 fully saturated rings. The molecule has 0 aliphatic rings. The number of benzene rings is 2. The van der Waals surface area contributed by atoms with E-state index >= 15 is 0 Å². The summed E-state index contributed by atoms with van der Waals surface area (Å²) in [6, 6.07) is 17.8. The van der Waals surface area contributed by atoms with Crippen LogP contribution in [-0.2, 0) is 9.47 Å². The highest BCUT2D eigenvalue weighted by atomic mass is 16.6. The van der Waals surface area contributed by atoms with Gasteiger partial charge in [0, 0.05) is 5.41 Å². The van der Waals surface area contributed by atoms with Crippen LogP contribution in [0.1, 0.15) is 81.5 Å². The Balaban J connectivity index is 2.49. The number of carbonyl (C=O) groups is 2. The first-order valence-corrected chi connectivity index (χ1v) is 10.7. The zero-order valence-corrected chi connectivity index (χ0v) is 19.0. The molecule has 0 saturated carbocycles. The minimum atomic E-state index is -1.06. The molecule has 0 aromatic heterocycles. The van der Waals surface area contributed by atoms with Crippen molar-refractivity contribution in [2.45, 2.75) is 72.0 Å². The van der Waals surface area contributed by atoms with Gasteiger partial charge >= 0.3 is 11.9 Å². The van der Waals surface area contributed by atoms with Crippen molar-refractivity contribution in [3.63, 3.8) is 0 Å². The van der Waals surface area contributed by atoms with Crippen LogP contribution in [0.3, 0.4) is 0 Å². The number of hydrogen-bond acceptors (Lipinski definition) is 4. The first-order valence-electron chi connectivity index (χ1n) is 10.7. The van der Waals surface area contributed by atoms with E-state index in [1.807, 2.05) is 45.0 Å². The lowest BCUT2D eigenvalue weighted by atomic mass is 9.62. The molecule has 162 valence electrons. The molecule has 0 spiro atoms. The molecule has 2 aromatic rings. The van der Waals surface area contributed by atoms with Gasteiger partial charge in [0.1, 0.15) is 5.60 Å². The molecule has 4 nitrogen and oxygen atoms in total. The van der Waals surface area contributed by atoms with Crippen molar-refractivity contribution in [1.82, 2.24) is 0 Å². The van der Waals surface area contributed by atoms with Crippen LogP contribution in [0.4, 0.5) is 0 Å². The van der Waals surface area contributed by atoms with Gasteiger partial charge in [-0.1, -0.05) is 70.5 Å². The number of ether oxygens (including phenoxy) is 2. The summed E-state index contributed by atoms with van der Waals surface area (Å²) in [6.45, 7) is 11.9. The second-order valence-corrected chi connectivity index (χ2v) is 8.84. The predicted octanol–water partition coefficient (Wildman–Crippen LogP) is 6.45. The topological polar surface area (TPSA) is 52.6 Å². The molecule has 0 radical (unpaired) electrons. The largest absolute Gasteiger partial charge is 0.452 e. The number of carbonyl (C=O) groups excluding carboxylic acids is 2. The molecular formula is C26H34O4. The third-order valence-corrected chi connectivity index (χ3v) is 6.19. The smallest absolute Gasteiger partial charge is 0.338 e. The fourth-order valence-electron chi connectivity index (χ4n) is 4.14. The van der Waals surface area contributed by atoms with E-state index in [4.69, 9.17) is 9.47 Å². The van der Waals surface area contributed by atoms with Gasteiger partial charge in [0.05, 0.1) is 11.1 Å². The van der Waals surface area contributed by atoms with Crippen molar-refractivity contribution >= 4 is 11.9 Å².